The fourth-order valence-electron chi connectivity index (χ4n) is 2.70. The summed E-state index contributed by atoms with van der Waals surface area (Å²) in [4.78, 5) is 4.20. The number of halogens is 3. The zero-order valence-corrected chi connectivity index (χ0v) is 15.5. The number of nitrogens with two attached hydrogens (primary N) is 1. The molecule has 0 amide bonds. The second kappa shape index (κ2) is 7.89. The van der Waals surface area contributed by atoms with Crippen LogP contribution in [0.1, 0.15) is 5.56 Å². The van der Waals surface area contributed by atoms with Gasteiger partial charge in [-0.05, 0) is 48.6 Å². The van der Waals surface area contributed by atoms with Gasteiger partial charge in [-0.1, -0.05) is 12.1 Å². The molecule has 2 aliphatic heterocycles. The first kappa shape index (κ1) is 19.5. The Labute approximate surface area is 169 Å². The molecule has 0 radical (unpaired) electrons. The average Bonchev–Trinajstić information content (AvgIpc) is 3.29. The number of hydrogen-bond donors (Lipinski definition) is 3. The molecular weight excluding hydrogens is 397 g/mol. The molecule has 1 aromatic carbocycles. The van der Waals surface area contributed by atoms with Crippen LogP contribution in [0.5, 0.6) is 0 Å². The summed E-state index contributed by atoms with van der Waals surface area (Å²) in [7, 11) is 0. The van der Waals surface area contributed by atoms with Crippen LogP contribution in [-0.4, -0.2) is 24.7 Å². The summed E-state index contributed by atoms with van der Waals surface area (Å²) in [5.41, 5.74) is 4.38. The van der Waals surface area contributed by atoms with Gasteiger partial charge in [0.15, 0.2) is 5.65 Å². The van der Waals surface area contributed by atoms with E-state index in [0.29, 0.717) is 17.3 Å². The van der Waals surface area contributed by atoms with E-state index in [2.05, 4.69) is 20.9 Å². The standard InChI is InChI=1S/C13H9F3N4.C6H8N4/c14-13(15,16)9-4-6-10(7-5-9)17-12-18-11-3-1-2-8-20(11)19-12;7-10-5-6-3-1-2-4-9(6)8-10/h1-8H,(H,17,19);1-5,8H,7H2. The van der Waals surface area contributed by atoms with Gasteiger partial charge in [0.2, 0.25) is 5.95 Å². The molecule has 4 N–H and O–H groups in total. The lowest BCUT2D eigenvalue weighted by Gasteiger charge is -2.18. The van der Waals surface area contributed by atoms with Crippen molar-refractivity contribution in [1.29, 1.82) is 0 Å². The van der Waals surface area contributed by atoms with Gasteiger partial charge in [0.05, 0.1) is 17.5 Å². The minimum Gasteiger partial charge on any atom is -0.323 e. The molecule has 5 rings (SSSR count). The quantitative estimate of drug-likeness (QED) is 0.555. The summed E-state index contributed by atoms with van der Waals surface area (Å²) in [5, 5.41) is 10.3. The lowest BCUT2D eigenvalue weighted by molar-refractivity contribution is -0.137. The molecule has 3 aromatic rings. The third-order valence-electron chi connectivity index (χ3n) is 4.10. The molecule has 0 unspecified atom stereocenters. The third-order valence-corrected chi connectivity index (χ3v) is 4.10. The summed E-state index contributed by atoms with van der Waals surface area (Å²) < 4.78 is 38.9. The van der Waals surface area contributed by atoms with E-state index in [1.54, 1.807) is 23.0 Å². The molecule has 8 nitrogen and oxygen atoms in total. The van der Waals surface area contributed by atoms with Gasteiger partial charge < -0.3 is 5.32 Å². The number of fused-ring (bicyclic) bond motifs is 2. The van der Waals surface area contributed by atoms with Crippen molar-refractivity contribution in [2.24, 2.45) is 5.84 Å². The highest BCUT2D eigenvalue weighted by atomic mass is 19.4. The van der Waals surface area contributed by atoms with E-state index in [4.69, 9.17) is 5.84 Å². The van der Waals surface area contributed by atoms with Crippen LogP contribution in [0.3, 0.4) is 0 Å². The summed E-state index contributed by atoms with van der Waals surface area (Å²) in [6.45, 7) is 0. The normalized spacial score (nSPS) is 15.0. The molecule has 0 aliphatic carbocycles. The van der Waals surface area contributed by atoms with Crippen LogP contribution < -0.4 is 16.7 Å². The van der Waals surface area contributed by atoms with Gasteiger partial charge in [0.25, 0.3) is 0 Å². The Morgan fingerprint density at radius 3 is 2.53 bits per heavy atom. The summed E-state index contributed by atoms with van der Waals surface area (Å²) >= 11 is 0. The first-order valence-corrected chi connectivity index (χ1v) is 8.80. The zero-order valence-electron chi connectivity index (χ0n) is 15.5. The molecule has 2 aliphatic rings. The van der Waals surface area contributed by atoms with E-state index in [-0.39, 0.29) is 0 Å². The molecular formula is C19H17F3N8. The molecule has 0 spiro atoms. The molecule has 0 bridgehead atoms. The van der Waals surface area contributed by atoms with Gasteiger partial charge in [-0.2, -0.15) is 18.2 Å². The van der Waals surface area contributed by atoms with Gasteiger partial charge in [-0.3, -0.25) is 5.01 Å². The van der Waals surface area contributed by atoms with Crippen LogP contribution in [0, 0.1) is 0 Å². The number of allylic oxidation sites excluding steroid dienone is 3. The van der Waals surface area contributed by atoms with E-state index < -0.39 is 11.7 Å². The predicted octanol–water partition coefficient (Wildman–Crippen LogP) is 3.31. The first-order valence-electron chi connectivity index (χ1n) is 8.80. The molecule has 0 saturated carbocycles. The van der Waals surface area contributed by atoms with Crippen molar-refractivity contribution in [3.8, 4) is 0 Å². The van der Waals surface area contributed by atoms with Gasteiger partial charge >= 0.3 is 6.18 Å². The van der Waals surface area contributed by atoms with E-state index in [1.165, 1.54) is 17.3 Å². The van der Waals surface area contributed by atoms with Crippen molar-refractivity contribution in [3.05, 3.63) is 90.5 Å². The van der Waals surface area contributed by atoms with Crippen LogP contribution in [0.4, 0.5) is 24.8 Å². The van der Waals surface area contributed by atoms with Crippen LogP contribution >= 0.6 is 0 Å². The number of alkyl halides is 3. The molecule has 30 heavy (non-hydrogen) atoms. The van der Waals surface area contributed by atoms with Crippen LogP contribution in [0.25, 0.3) is 5.65 Å². The third kappa shape index (κ3) is 4.42. The Morgan fingerprint density at radius 1 is 1.03 bits per heavy atom. The maximum absolute atomic E-state index is 12.4. The second-order valence-electron chi connectivity index (χ2n) is 6.27. The van der Waals surface area contributed by atoms with Crippen molar-refractivity contribution in [3.63, 3.8) is 0 Å². The van der Waals surface area contributed by atoms with Crippen molar-refractivity contribution < 1.29 is 13.2 Å². The van der Waals surface area contributed by atoms with E-state index >= 15 is 0 Å². The van der Waals surface area contributed by atoms with E-state index in [0.717, 1.165) is 17.8 Å². The number of hydrogen-bond acceptors (Lipinski definition) is 7. The van der Waals surface area contributed by atoms with Crippen LogP contribution in [0.15, 0.2) is 85.0 Å². The number of hydrazine groups is 3. The highest BCUT2D eigenvalue weighted by Crippen LogP contribution is 2.30. The monoisotopic (exact) mass is 414 g/mol. The fourth-order valence-corrected chi connectivity index (χ4v) is 2.70. The molecule has 2 aromatic heterocycles. The second-order valence-corrected chi connectivity index (χ2v) is 6.27. The number of anilines is 2. The van der Waals surface area contributed by atoms with Crippen LogP contribution in [0.2, 0.25) is 0 Å². The number of nitrogens with zero attached hydrogens (tertiary/aromatic N) is 5. The average molecular weight is 414 g/mol. The number of pyridine rings is 1. The molecule has 0 fully saturated rings. The molecule has 4 heterocycles. The Morgan fingerprint density at radius 2 is 1.83 bits per heavy atom. The number of aromatic nitrogens is 3. The topological polar surface area (TPSA) is 86.7 Å². The zero-order chi connectivity index (χ0) is 21.1. The minimum absolute atomic E-state index is 0.330. The van der Waals surface area contributed by atoms with Crippen molar-refractivity contribution in [2.45, 2.75) is 6.18 Å². The van der Waals surface area contributed by atoms with Crippen molar-refractivity contribution in [1.82, 2.24) is 30.3 Å². The summed E-state index contributed by atoms with van der Waals surface area (Å²) in [6.07, 6.45) is 6.98. The molecule has 154 valence electrons. The lowest BCUT2D eigenvalue weighted by atomic mass is 10.2. The maximum atomic E-state index is 12.4. The number of rotatable bonds is 2. The molecule has 0 saturated heterocycles. The van der Waals surface area contributed by atoms with Crippen LogP contribution in [-0.2, 0) is 6.18 Å². The maximum Gasteiger partial charge on any atom is 0.416 e. The van der Waals surface area contributed by atoms with Crippen molar-refractivity contribution in [2.75, 3.05) is 5.32 Å². The van der Waals surface area contributed by atoms with E-state index in [1.807, 2.05) is 41.6 Å². The van der Waals surface area contributed by atoms with Gasteiger partial charge in [0, 0.05) is 18.1 Å². The Bertz CT molecular complexity index is 1080. The minimum atomic E-state index is -4.33. The smallest absolute Gasteiger partial charge is 0.323 e. The Balaban J connectivity index is 0.000000181. The first-order chi connectivity index (χ1) is 14.4. The van der Waals surface area contributed by atoms with E-state index in [9.17, 15) is 13.2 Å². The lowest BCUT2D eigenvalue weighted by Crippen LogP contribution is -2.41. The number of nitrogens with one attached hydrogen (secondary N) is 2. The highest BCUT2D eigenvalue weighted by Gasteiger charge is 2.29. The SMILES string of the molecule is FC(F)(F)c1ccc(Nc2nc3ccccn3n2)cc1.NN1C=C2C=CC=CN2N1. The van der Waals surface area contributed by atoms with Crippen molar-refractivity contribution >= 4 is 17.3 Å². The molecule has 0 atom stereocenters. The Hall–Kier alpha value is -3.83. The largest absolute Gasteiger partial charge is 0.416 e. The van der Waals surface area contributed by atoms with Gasteiger partial charge in [-0.15, -0.1) is 10.6 Å². The Kier molecular flexibility index (Phi) is 5.12. The van der Waals surface area contributed by atoms with Gasteiger partial charge in [-0.25, -0.2) is 15.5 Å². The molecule has 11 heteroatoms. The summed E-state index contributed by atoms with van der Waals surface area (Å²) in [6, 6.07) is 10.1. The predicted molar refractivity (Wildman–Crippen MR) is 105 cm³/mol. The number of benzene rings is 1. The fraction of sp³-hybridized carbons (Fsp3) is 0.0526. The highest BCUT2D eigenvalue weighted by molar-refractivity contribution is 5.56. The van der Waals surface area contributed by atoms with Gasteiger partial charge in [0.1, 0.15) is 0 Å². The summed E-state index contributed by atoms with van der Waals surface area (Å²) in [5.74, 6) is 5.76.